The Morgan fingerprint density at radius 2 is 2.31 bits per heavy atom. The Labute approximate surface area is 77.9 Å². The maximum absolute atomic E-state index is 5.20. The molecule has 1 unspecified atom stereocenters. The normalized spacial score (nSPS) is 23.5. The Hall–Kier alpha value is -0.900. The van der Waals surface area contributed by atoms with Gasteiger partial charge >= 0.3 is 0 Å². The third-order valence-electron chi connectivity index (χ3n) is 2.55. The molecule has 0 spiro atoms. The smallest absolute Gasteiger partial charge is 0.244 e. The van der Waals surface area contributed by atoms with Crippen molar-refractivity contribution in [2.75, 3.05) is 13.6 Å². The molecule has 2 heterocycles. The fourth-order valence-corrected chi connectivity index (χ4v) is 1.45. The lowest BCUT2D eigenvalue weighted by Gasteiger charge is -2.34. The standard InChI is InChI=1S/C9H15N3O/c1-6(2)8-10-9(13-11-8)7-4-5-12(7)3/h6-7H,4-5H2,1-3H3. The first-order chi connectivity index (χ1) is 6.18. The van der Waals surface area contributed by atoms with E-state index in [2.05, 4.69) is 35.9 Å². The van der Waals surface area contributed by atoms with Gasteiger partial charge in [-0.1, -0.05) is 19.0 Å². The van der Waals surface area contributed by atoms with Crippen molar-refractivity contribution in [1.29, 1.82) is 0 Å². The number of aromatic nitrogens is 2. The number of hydrogen-bond donors (Lipinski definition) is 0. The van der Waals surface area contributed by atoms with Gasteiger partial charge in [0, 0.05) is 12.5 Å². The zero-order valence-electron chi connectivity index (χ0n) is 8.32. The van der Waals surface area contributed by atoms with Crippen LogP contribution >= 0.6 is 0 Å². The second-order valence-corrected chi connectivity index (χ2v) is 3.93. The SMILES string of the molecule is CC(C)c1noc(C2CCN2C)n1. The van der Waals surface area contributed by atoms with Crippen molar-refractivity contribution in [2.45, 2.75) is 32.2 Å². The van der Waals surface area contributed by atoms with Gasteiger partial charge in [0.25, 0.3) is 0 Å². The topological polar surface area (TPSA) is 42.2 Å². The minimum absolute atomic E-state index is 0.350. The summed E-state index contributed by atoms with van der Waals surface area (Å²) in [4.78, 5) is 6.58. The highest BCUT2D eigenvalue weighted by atomic mass is 16.5. The lowest BCUT2D eigenvalue weighted by molar-refractivity contribution is 0.0951. The average Bonchev–Trinajstić information content (AvgIpc) is 2.50. The van der Waals surface area contributed by atoms with E-state index in [1.807, 2.05) is 0 Å². The highest BCUT2D eigenvalue weighted by Gasteiger charge is 2.30. The number of likely N-dealkylation sites (tertiary alicyclic amines) is 1. The van der Waals surface area contributed by atoms with Crippen LogP contribution in [0.15, 0.2) is 4.52 Å². The van der Waals surface area contributed by atoms with Gasteiger partial charge in [0.05, 0.1) is 6.04 Å². The Balaban J connectivity index is 2.13. The summed E-state index contributed by atoms with van der Waals surface area (Å²) in [5.74, 6) is 1.94. The lowest BCUT2D eigenvalue weighted by atomic mass is 10.1. The van der Waals surface area contributed by atoms with Crippen LogP contribution in [0.4, 0.5) is 0 Å². The molecule has 1 aromatic rings. The molecule has 4 nitrogen and oxygen atoms in total. The van der Waals surface area contributed by atoms with Crippen molar-refractivity contribution >= 4 is 0 Å². The molecule has 1 aliphatic heterocycles. The third kappa shape index (κ3) is 1.46. The molecule has 0 N–H and O–H groups in total. The summed E-state index contributed by atoms with van der Waals surface area (Å²) >= 11 is 0. The fraction of sp³-hybridized carbons (Fsp3) is 0.778. The fourth-order valence-electron chi connectivity index (χ4n) is 1.45. The maximum atomic E-state index is 5.20. The summed E-state index contributed by atoms with van der Waals surface area (Å²) in [6.45, 7) is 5.27. The van der Waals surface area contributed by atoms with Crippen molar-refractivity contribution < 1.29 is 4.52 Å². The molecule has 1 aliphatic rings. The summed E-state index contributed by atoms with van der Waals surface area (Å²) in [6.07, 6.45) is 1.14. The first-order valence-electron chi connectivity index (χ1n) is 4.72. The molecule has 13 heavy (non-hydrogen) atoms. The van der Waals surface area contributed by atoms with Crippen LogP contribution in [-0.2, 0) is 0 Å². The van der Waals surface area contributed by atoms with E-state index in [0.717, 1.165) is 24.7 Å². The molecule has 1 aromatic heterocycles. The second-order valence-electron chi connectivity index (χ2n) is 3.93. The summed E-state index contributed by atoms with van der Waals surface area (Å²) < 4.78 is 5.20. The van der Waals surface area contributed by atoms with Gasteiger partial charge in [-0.05, 0) is 13.5 Å². The highest BCUT2D eigenvalue weighted by Crippen LogP contribution is 2.30. The van der Waals surface area contributed by atoms with Crippen molar-refractivity contribution in [3.63, 3.8) is 0 Å². The molecule has 0 aromatic carbocycles. The van der Waals surface area contributed by atoms with E-state index in [1.54, 1.807) is 0 Å². The summed E-state index contributed by atoms with van der Waals surface area (Å²) in [5, 5.41) is 3.94. The molecule has 72 valence electrons. The molecular formula is C9H15N3O. The van der Waals surface area contributed by atoms with Crippen LogP contribution in [0.3, 0.4) is 0 Å². The zero-order chi connectivity index (χ0) is 9.42. The zero-order valence-corrected chi connectivity index (χ0v) is 8.32. The van der Waals surface area contributed by atoms with Crippen LogP contribution < -0.4 is 0 Å². The molecule has 0 bridgehead atoms. The number of nitrogens with zero attached hydrogens (tertiary/aromatic N) is 3. The number of rotatable bonds is 2. The van der Waals surface area contributed by atoms with Gasteiger partial charge in [0.15, 0.2) is 5.82 Å². The van der Waals surface area contributed by atoms with Gasteiger partial charge in [-0.3, -0.25) is 4.90 Å². The van der Waals surface area contributed by atoms with E-state index in [-0.39, 0.29) is 0 Å². The largest absolute Gasteiger partial charge is 0.338 e. The van der Waals surface area contributed by atoms with Gasteiger partial charge < -0.3 is 4.52 Å². The molecule has 0 radical (unpaired) electrons. The average molecular weight is 181 g/mol. The lowest BCUT2D eigenvalue weighted by Crippen LogP contribution is -2.37. The van der Waals surface area contributed by atoms with Gasteiger partial charge in [0.1, 0.15) is 0 Å². The van der Waals surface area contributed by atoms with Crippen molar-refractivity contribution in [2.24, 2.45) is 0 Å². The van der Waals surface area contributed by atoms with E-state index in [1.165, 1.54) is 0 Å². The van der Waals surface area contributed by atoms with Gasteiger partial charge in [-0.25, -0.2) is 0 Å². The second kappa shape index (κ2) is 3.10. The van der Waals surface area contributed by atoms with Crippen molar-refractivity contribution in [3.05, 3.63) is 11.7 Å². The van der Waals surface area contributed by atoms with E-state index in [4.69, 9.17) is 4.52 Å². The predicted octanol–water partition coefficient (Wildman–Crippen LogP) is 1.57. The van der Waals surface area contributed by atoms with E-state index in [9.17, 15) is 0 Å². The molecule has 2 rings (SSSR count). The van der Waals surface area contributed by atoms with Gasteiger partial charge in [0.2, 0.25) is 5.89 Å². The van der Waals surface area contributed by atoms with Crippen LogP contribution in [0.1, 0.15) is 43.9 Å². The summed E-state index contributed by atoms with van der Waals surface area (Å²) in [7, 11) is 2.08. The molecule has 0 amide bonds. The number of hydrogen-bond acceptors (Lipinski definition) is 4. The minimum Gasteiger partial charge on any atom is -0.338 e. The molecule has 1 atom stereocenters. The Bertz CT molecular complexity index is 295. The quantitative estimate of drug-likeness (QED) is 0.694. The molecular weight excluding hydrogens is 166 g/mol. The Kier molecular flexibility index (Phi) is 2.07. The molecule has 0 saturated carbocycles. The monoisotopic (exact) mass is 181 g/mol. The highest BCUT2D eigenvalue weighted by molar-refractivity contribution is 4.99. The van der Waals surface area contributed by atoms with Crippen LogP contribution in [0.2, 0.25) is 0 Å². The van der Waals surface area contributed by atoms with Crippen molar-refractivity contribution in [1.82, 2.24) is 15.0 Å². The summed E-state index contributed by atoms with van der Waals surface area (Å²) in [6, 6.07) is 0.361. The Morgan fingerprint density at radius 3 is 2.69 bits per heavy atom. The summed E-state index contributed by atoms with van der Waals surface area (Å²) in [5.41, 5.74) is 0. The maximum Gasteiger partial charge on any atom is 0.244 e. The van der Waals surface area contributed by atoms with Crippen LogP contribution in [0.25, 0.3) is 0 Å². The van der Waals surface area contributed by atoms with Crippen LogP contribution in [0, 0.1) is 0 Å². The van der Waals surface area contributed by atoms with E-state index in [0.29, 0.717) is 12.0 Å². The molecule has 0 aliphatic carbocycles. The van der Waals surface area contributed by atoms with Gasteiger partial charge in [-0.15, -0.1) is 0 Å². The minimum atomic E-state index is 0.350. The van der Waals surface area contributed by atoms with Crippen LogP contribution in [-0.4, -0.2) is 28.6 Å². The first-order valence-corrected chi connectivity index (χ1v) is 4.72. The third-order valence-corrected chi connectivity index (χ3v) is 2.55. The molecule has 1 fully saturated rings. The van der Waals surface area contributed by atoms with Crippen molar-refractivity contribution in [3.8, 4) is 0 Å². The van der Waals surface area contributed by atoms with Crippen LogP contribution in [0.5, 0.6) is 0 Å². The Morgan fingerprint density at radius 1 is 1.54 bits per heavy atom. The van der Waals surface area contributed by atoms with Gasteiger partial charge in [-0.2, -0.15) is 4.98 Å². The predicted molar refractivity (Wildman–Crippen MR) is 48.4 cm³/mol. The first kappa shape index (κ1) is 8.69. The van der Waals surface area contributed by atoms with E-state index < -0.39 is 0 Å². The molecule has 4 heteroatoms. The van der Waals surface area contributed by atoms with E-state index >= 15 is 0 Å². The molecule has 1 saturated heterocycles.